The highest BCUT2D eigenvalue weighted by Gasteiger charge is 2.13. The predicted molar refractivity (Wildman–Crippen MR) is 96.1 cm³/mol. The van der Waals surface area contributed by atoms with Crippen molar-refractivity contribution >= 4 is 44.3 Å². The number of aromatic nitrogens is 2. The molecule has 6 heteroatoms. The van der Waals surface area contributed by atoms with Crippen LogP contribution < -0.4 is 0 Å². The number of allylic oxidation sites excluding steroid dienone is 1. The standard InChI is InChI=1S/C17H12BrN3OS/c18-11-5-7-12(8-6-11)23-10-16(22)13(9-19)17-20-14-3-1-2-4-15(14)21-17/h1-8,22H,10H2,(H,20,21). The van der Waals surface area contributed by atoms with Gasteiger partial charge in [0.1, 0.15) is 17.4 Å². The van der Waals surface area contributed by atoms with Gasteiger partial charge in [0, 0.05) is 9.37 Å². The van der Waals surface area contributed by atoms with E-state index in [-0.39, 0.29) is 11.3 Å². The number of para-hydroxylation sites is 2. The van der Waals surface area contributed by atoms with Crippen molar-refractivity contribution in [1.29, 1.82) is 5.26 Å². The zero-order valence-electron chi connectivity index (χ0n) is 12.0. The molecule has 0 aliphatic carbocycles. The lowest BCUT2D eigenvalue weighted by atomic mass is 10.2. The van der Waals surface area contributed by atoms with Crippen LogP contribution in [0.5, 0.6) is 0 Å². The van der Waals surface area contributed by atoms with Crippen LogP contribution in [0.4, 0.5) is 0 Å². The smallest absolute Gasteiger partial charge is 0.152 e. The fraction of sp³-hybridized carbons (Fsp3) is 0.0588. The number of hydrogen-bond donors (Lipinski definition) is 2. The maximum Gasteiger partial charge on any atom is 0.152 e. The number of aliphatic hydroxyl groups is 1. The maximum atomic E-state index is 10.3. The highest BCUT2D eigenvalue weighted by molar-refractivity contribution is 9.10. The van der Waals surface area contributed by atoms with Crippen LogP contribution in [-0.2, 0) is 0 Å². The number of benzene rings is 2. The third-order valence-corrected chi connectivity index (χ3v) is 4.77. The molecule has 2 N–H and O–H groups in total. The normalized spacial score (nSPS) is 12.0. The highest BCUT2D eigenvalue weighted by atomic mass is 79.9. The van der Waals surface area contributed by atoms with Crippen LogP contribution in [0.3, 0.4) is 0 Å². The van der Waals surface area contributed by atoms with E-state index in [0.717, 1.165) is 20.4 Å². The number of nitrogens with one attached hydrogen (secondary N) is 1. The van der Waals surface area contributed by atoms with Crippen molar-refractivity contribution in [2.45, 2.75) is 4.90 Å². The number of hydrogen-bond acceptors (Lipinski definition) is 4. The number of imidazole rings is 1. The monoisotopic (exact) mass is 385 g/mol. The first-order valence-corrected chi connectivity index (χ1v) is 8.61. The van der Waals surface area contributed by atoms with Crippen LogP contribution in [-0.4, -0.2) is 20.8 Å². The molecule has 0 spiro atoms. The summed E-state index contributed by atoms with van der Waals surface area (Å²) in [4.78, 5) is 8.44. The number of fused-ring (bicyclic) bond motifs is 1. The molecule has 0 atom stereocenters. The van der Waals surface area contributed by atoms with Gasteiger partial charge >= 0.3 is 0 Å². The van der Waals surface area contributed by atoms with Gasteiger partial charge in [-0.2, -0.15) is 5.26 Å². The molecule has 114 valence electrons. The fourth-order valence-corrected chi connectivity index (χ4v) is 3.12. The summed E-state index contributed by atoms with van der Waals surface area (Å²) in [5, 5.41) is 19.6. The van der Waals surface area contributed by atoms with Gasteiger partial charge < -0.3 is 10.1 Å². The average molecular weight is 386 g/mol. The quantitative estimate of drug-likeness (QED) is 0.380. The Balaban J connectivity index is 1.84. The number of aromatic amines is 1. The van der Waals surface area contributed by atoms with E-state index in [1.54, 1.807) is 0 Å². The number of H-pyrrole nitrogens is 1. The van der Waals surface area contributed by atoms with Crippen molar-refractivity contribution < 1.29 is 5.11 Å². The summed E-state index contributed by atoms with van der Waals surface area (Å²) in [5.41, 5.74) is 1.78. The van der Waals surface area contributed by atoms with Crippen LogP contribution in [0, 0.1) is 11.3 Å². The van der Waals surface area contributed by atoms with Gasteiger partial charge in [0.2, 0.25) is 0 Å². The van der Waals surface area contributed by atoms with Gasteiger partial charge in [0.05, 0.1) is 16.8 Å². The zero-order chi connectivity index (χ0) is 16.2. The molecule has 0 aliphatic rings. The average Bonchev–Trinajstić information content (AvgIpc) is 2.98. The Kier molecular flexibility index (Phi) is 4.70. The van der Waals surface area contributed by atoms with Crippen molar-refractivity contribution in [3.8, 4) is 6.07 Å². The lowest BCUT2D eigenvalue weighted by molar-refractivity contribution is 0.420. The Morgan fingerprint density at radius 3 is 2.65 bits per heavy atom. The number of nitriles is 1. The lowest BCUT2D eigenvalue weighted by Crippen LogP contribution is -1.95. The first kappa shape index (κ1) is 15.7. The minimum Gasteiger partial charge on any atom is -0.510 e. The summed E-state index contributed by atoms with van der Waals surface area (Å²) in [6.45, 7) is 0. The largest absolute Gasteiger partial charge is 0.510 e. The zero-order valence-corrected chi connectivity index (χ0v) is 14.4. The second-order valence-electron chi connectivity index (χ2n) is 4.78. The van der Waals surface area contributed by atoms with E-state index in [0.29, 0.717) is 11.6 Å². The molecule has 0 aliphatic heterocycles. The van der Waals surface area contributed by atoms with E-state index in [9.17, 15) is 10.4 Å². The van der Waals surface area contributed by atoms with Gasteiger partial charge in [-0.25, -0.2) is 4.98 Å². The van der Waals surface area contributed by atoms with Gasteiger partial charge in [-0.3, -0.25) is 0 Å². The van der Waals surface area contributed by atoms with Gasteiger partial charge in [0.25, 0.3) is 0 Å². The topological polar surface area (TPSA) is 72.7 Å². The highest BCUT2D eigenvalue weighted by Crippen LogP contribution is 2.25. The van der Waals surface area contributed by atoms with E-state index < -0.39 is 0 Å². The Morgan fingerprint density at radius 2 is 1.96 bits per heavy atom. The third-order valence-electron chi connectivity index (χ3n) is 3.22. The predicted octanol–water partition coefficient (Wildman–Crippen LogP) is 4.91. The Morgan fingerprint density at radius 1 is 1.22 bits per heavy atom. The summed E-state index contributed by atoms with van der Waals surface area (Å²) in [5.74, 6) is 0.712. The maximum absolute atomic E-state index is 10.3. The van der Waals surface area contributed by atoms with Gasteiger partial charge in [0.15, 0.2) is 5.82 Å². The lowest BCUT2D eigenvalue weighted by Gasteiger charge is -2.03. The molecule has 1 aromatic heterocycles. The molecule has 1 heterocycles. The number of rotatable bonds is 4. The van der Waals surface area contributed by atoms with Crippen molar-refractivity contribution in [1.82, 2.24) is 9.97 Å². The number of aliphatic hydroxyl groups excluding tert-OH is 1. The minimum atomic E-state index is 0.0134. The van der Waals surface area contributed by atoms with Crippen LogP contribution in [0.1, 0.15) is 5.82 Å². The number of halogens is 1. The summed E-state index contributed by atoms with van der Waals surface area (Å²) >= 11 is 4.84. The first-order chi connectivity index (χ1) is 11.2. The van der Waals surface area contributed by atoms with Gasteiger partial charge in [-0.05, 0) is 36.4 Å². The van der Waals surface area contributed by atoms with Gasteiger partial charge in [-0.1, -0.05) is 28.1 Å². The summed E-state index contributed by atoms with van der Waals surface area (Å²) in [6.07, 6.45) is 0. The van der Waals surface area contributed by atoms with E-state index in [1.165, 1.54) is 11.8 Å². The molecule has 0 radical (unpaired) electrons. The number of thioether (sulfide) groups is 1. The summed E-state index contributed by atoms with van der Waals surface area (Å²) < 4.78 is 1.00. The van der Waals surface area contributed by atoms with Crippen LogP contribution in [0.15, 0.2) is 63.7 Å². The molecule has 23 heavy (non-hydrogen) atoms. The first-order valence-electron chi connectivity index (χ1n) is 6.83. The molecule has 0 unspecified atom stereocenters. The molecule has 0 fully saturated rings. The minimum absolute atomic E-state index is 0.0134. The van der Waals surface area contributed by atoms with E-state index in [1.807, 2.05) is 54.6 Å². The molecule has 0 saturated carbocycles. The van der Waals surface area contributed by atoms with E-state index in [2.05, 4.69) is 25.9 Å². The summed E-state index contributed by atoms with van der Waals surface area (Å²) in [6, 6.07) is 17.3. The molecular weight excluding hydrogens is 374 g/mol. The fourth-order valence-electron chi connectivity index (χ4n) is 2.08. The van der Waals surface area contributed by atoms with Gasteiger partial charge in [-0.15, -0.1) is 11.8 Å². The van der Waals surface area contributed by atoms with Crippen molar-refractivity contribution in [3.05, 3.63) is 64.6 Å². The molecule has 4 nitrogen and oxygen atoms in total. The molecule has 2 aromatic carbocycles. The molecule has 3 aromatic rings. The Labute approximate surface area is 146 Å². The Hall–Kier alpha value is -2.23. The second kappa shape index (κ2) is 6.90. The SMILES string of the molecule is N#CC(=C(O)CSc1ccc(Br)cc1)c1nc2ccccc2[nH]1. The third kappa shape index (κ3) is 3.58. The molecule has 0 amide bonds. The molecule has 3 rings (SSSR count). The summed E-state index contributed by atoms with van der Waals surface area (Å²) in [7, 11) is 0. The van der Waals surface area contributed by atoms with Crippen LogP contribution >= 0.6 is 27.7 Å². The van der Waals surface area contributed by atoms with Crippen molar-refractivity contribution in [2.24, 2.45) is 0 Å². The van der Waals surface area contributed by atoms with Crippen LogP contribution in [0.25, 0.3) is 16.6 Å². The van der Waals surface area contributed by atoms with E-state index in [4.69, 9.17) is 0 Å². The van der Waals surface area contributed by atoms with E-state index >= 15 is 0 Å². The number of nitrogens with zero attached hydrogens (tertiary/aromatic N) is 2. The van der Waals surface area contributed by atoms with Crippen molar-refractivity contribution in [3.63, 3.8) is 0 Å². The molecular formula is C17H12BrN3OS. The van der Waals surface area contributed by atoms with Crippen molar-refractivity contribution in [2.75, 3.05) is 5.75 Å². The Bertz CT molecular complexity index is 876. The molecule has 0 saturated heterocycles. The molecule has 0 bridgehead atoms. The second-order valence-corrected chi connectivity index (χ2v) is 6.74. The van der Waals surface area contributed by atoms with Crippen LogP contribution in [0.2, 0.25) is 0 Å².